The lowest BCUT2D eigenvalue weighted by Crippen LogP contribution is -2.32. The van der Waals surface area contributed by atoms with Gasteiger partial charge in [0.05, 0.1) is 12.1 Å². The summed E-state index contributed by atoms with van der Waals surface area (Å²) in [6.07, 6.45) is 2.61. The predicted molar refractivity (Wildman–Crippen MR) is 48.1 cm³/mol. The molecule has 2 unspecified atom stereocenters. The van der Waals surface area contributed by atoms with E-state index in [1.54, 1.807) is 0 Å². The van der Waals surface area contributed by atoms with Crippen molar-refractivity contribution in [1.29, 1.82) is 0 Å². The van der Waals surface area contributed by atoms with Gasteiger partial charge in [0.2, 0.25) is 0 Å². The Bertz CT molecular complexity index is 282. The normalized spacial score (nSPS) is 32.5. The van der Waals surface area contributed by atoms with E-state index in [0.29, 0.717) is 6.54 Å². The summed E-state index contributed by atoms with van der Waals surface area (Å²) in [5.41, 5.74) is 9.26. The number of azide groups is 1. The number of hydrogen-bond acceptors (Lipinski definition) is 3. The van der Waals surface area contributed by atoms with Crippen LogP contribution in [0.2, 0.25) is 0 Å². The number of hydrogen-bond donors (Lipinski definition) is 1. The zero-order chi connectivity index (χ0) is 9.26. The minimum atomic E-state index is -0.275. The van der Waals surface area contributed by atoms with E-state index in [-0.39, 0.29) is 12.1 Å². The van der Waals surface area contributed by atoms with Gasteiger partial charge in [-0.1, -0.05) is 11.2 Å². The second kappa shape index (κ2) is 3.38. The van der Waals surface area contributed by atoms with Crippen molar-refractivity contribution in [1.82, 2.24) is 4.90 Å². The highest BCUT2D eigenvalue weighted by Gasteiger charge is 2.37. The van der Waals surface area contributed by atoms with Crippen LogP contribution in [-0.2, 0) is 0 Å². The molecular formula is C8H12N4O. The molecule has 0 amide bonds. The Morgan fingerprint density at radius 1 is 1.77 bits per heavy atom. The molecule has 0 aromatic carbocycles. The fraction of sp³-hybridized carbons (Fsp3) is 0.750. The van der Waals surface area contributed by atoms with Crippen molar-refractivity contribution in [2.24, 2.45) is 5.11 Å². The fourth-order valence-electron chi connectivity index (χ4n) is 2.15. The van der Waals surface area contributed by atoms with Crippen LogP contribution in [0.5, 0.6) is 0 Å². The lowest BCUT2D eigenvalue weighted by Gasteiger charge is -2.19. The van der Waals surface area contributed by atoms with Gasteiger partial charge in [0.15, 0.2) is 0 Å². The zero-order valence-electron chi connectivity index (χ0n) is 7.30. The second-order valence-corrected chi connectivity index (χ2v) is 3.46. The summed E-state index contributed by atoms with van der Waals surface area (Å²) >= 11 is 0. The molecule has 0 aromatic rings. The highest BCUT2D eigenvalue weighted by molar-refractivity contribution is 5.24. The maximum Gasteiger partial charge on any atom is 0.0746 e. The van der Waals surface area contributed by atoms with E-state index in [2.05, 4.69) is 21.0 Å². The Morgan fingerprint density at radius 2 is 2.62 bits per heavy atom. The van der Waals surface area contributed by atoms with E-state index < -0.39 is 0 Å². The smallest absolute Gasteiger partial charge is 0.0746 e. The number of fused-ring (bicyclic) bond motifs is 1. The predicted octanol–water partition coefficient (Wildman–Crippen LogP) is 0.672. The standard InChI is InChI=1S/C8H12N4O/c9-11-10-5-6-1-3-12-4-2-7(13)8(6)12/h1,7-8,13H,2-5H2. The average molecular weight is 180 g/mol. The van der Waals surface area contributed by atoms with E-state index in [4.69, 9.17) is 5.53 Å². The van der Waals surface area contributed by atoms with Crippen LogP contribution < -0.4 is 0 Å². The number of aliphatic hydroxyl groups is 1. The molecule has 0 saturated carbocycles. The maximum atomic E-state index is 9.65. The Kier molecular flexibility index (Phi) is 2.22. The molecule has 2 rings (SSSR count). The molecule has 0 spiro atoms. The van der Waals surface area contributed by atoms with E-state index in [1.165, 1.54) is 0 Å². The van der Waals surface area contributed by atoms with Gasteiger partial charge in [-0.25, -0.2) is 0 Å². The summed E-state index contributed by atoms with van der Waals surface area (Å²) in [5.74, 6) is 0. The van der Waals surface area contributed by atoms with Gasteiger partial charge in [-0.05, 0) is 17.5 Å². The first-order chi connectivity index (χ1) is 6.33. The van der Waals surface area contributed by atoms with Gasteiger partial charge in [-0.15, -0.1) is 0 Å². The minimum Gasteiger partial charge on any atom is -0.391 e. The first kappa shape index (κ1) is 8.56. The third-order valence-electron chi connectivity index (χ3n) is 2.75. The van der Waals surface area contributed by atoms with Crippen molar-refractivity contribution in [3.8, 4) is 0 Å². The Morgan fingerprint density at radius 3 is 3.38 bits per heavy atom. The number of aliphatic hydroxyl groups excluding tert-OH is 1. The molecular weight excluding hydrogens is 168 g/mol. The quantitative estimate of drug-likeness (QED) is 0.293. The van der Waals surface area contributed by atoms with Gasteiger partial charge in [0, 0.05) is 24.5 Å². The van der Waals surface area contributed by atoms with Crippen molar-refractivity contribution in [2.45, 2.75) is 18.6 Å². The van der Waals surface area contributed by atoms with Gasteiger partial charge in [-0.2, -0.15) is 0 Å². The minimum absolute atomic E-state index is 0.116. The summed E-state index contributed by atoms with van der Waals surface area (Å²) in [5, 5.41) is 13.2. The number of rotatable bonds is 2. The Hall–Kier alpha value is -1.03. The van der Waals surface area contributed by atoms with Crippen LogP contribution in [0.25, 0.3) is 10.4 Å². The van der Waals surface area contributed by atoms with Crippen LogP contribution in [0.3, 0.4) is 0 Å². The Balaban J connectivity index is 2.08. The van der Waals surface area contributed by atoms with Crippen molar-refractivity contribution < 1.29 is 5.11 Å². The number of nitrogens with zero attached hydrogens (tertiary/aromatic N) is 4. The molecule has 0 bridgehead atoms. The molecule has 0 aliphatic carbocycles. The summed E-state index contributed by atoms with van der Waals surface area (Å²) in [7, 11) is 0. The van der Waals surface area contributed by atoms with E-state index in [1.807, 2.05) is 0 Å². The SMILES string of the molecule is [N-]=[N+]=NCC1=CCN2CCC(O)C12. The molecule has 13 heavy (non-hydrogen) atoms. The van der Waals surface area contributed by atoms with E-state index in [9.17, 15) is 5.11 Å². The summed E-state index contributed by atoms with van der Waals surface area (Å²) in [6.45, 7) is 2.23. The third-order valence-corrected chi connectivity index (χ3v) is 2.75. The highest BCUT2D eigenvalue weighted by atomic mass is 16.3. The molecule has 1 saturated heterocycles. The third kappa shape index (κ3) is 1.42. The molecule has 0 radical (unpaired) electrons. The monoisotopic (exact) mass is 180 g/mol. The topological polar surface area (TPSA) is 72.2 Å². The fourth-order valence-corrected chi connectivity index (χ4v) is 2.15. The van der Waals surface area contributed by atoms with E-state index >= 15 is 0 Å². The molecule has 1 fully saturated rings. The average Bonchev–Trinajstić information content (AvgIpc) is 2.67. The lowest BCUT2D eigenvalue weighted by atomic mass is 10.1. The molecule has 2 aliphatic rings. The van der Waals surface area contributed by atoms with Gasteiger partial charge >= 0.3 is 0 Å². The van der Waals surface area contributed by atoms with Crippen LogP contribution in [-0.4, -0.2) is 41.8 Å². The summed E-state index contributed by atoms with van der Waals surface area (Å²) < 4.78 is 0. The van der Waals surface area contributed by atoms with Gasteiger partial charge in [0.25, 0.3) is 0 Å². The Labute approximate surface area is 76.3 Å². The first-order valence-electron chi connectivity index (χ1n) is 4.45. The molecule has 2 atom stereocenters. The summed E-state index contributed by atoms with van der Waals surface area (Å²) in [6, 6.07) is 0.116. The van der Waals surface area contributed by atoms with Gasteiger partial charge in [0.1, 0.15) is 0 Å². The van der Waals surface area contributed by atoms with Crippen LogP contribution >= 0.6 is 0 Å². The van der Waals surface area contributed by atoms with Crippen LogP contribution in [0.1, 0.15) is 6.42 Å². The maximum absolute atomic E-state index is 9.65. The van der Waals surface area contributed by atoms with E-state index in [0.717, 1.165) is 25.1 Å². The van der Waals surface area contributed by atoms with Crippen molar-refractivity contribution in [3.63, 3.8) is 0 Å². The molecule has 5 nitrogen and oxygen atoms in total. The summed E-state index contributed by atoms with van der Waals surface area (Å²) in [4.78, 5) is 4.94. The lowest BCUT2D eigenvalue weighted by molar-refractivity contribution is 0.146. The van der Waals surface area contributed by atoms with Gasteiger partial charge in [-0.3, -0.25) is 4.90 Å². The van der Waals surface area contributed by atoms with Gasteiger partial charge < -0.3 is 5.11 Å². The van der Waals surface area contributed by atoms with Crippen LogP contribution in [0.4, 0.5) is 0 Å². The molecule has 70 valence electrons. The largest absolute Gasteiger partial charge is 0.391 e. The molecule has 1 N–H and O–H groups in total. The highest BCUT2D eigenvalue weighted by Crippen LogP contribution is 2.28. The molecule has 0 aromatic heterocycles. The van der Waals surface area contributed by atoms with Crippen LogP contribution in [0, 0.1) is 0 Å². The van der Waals surface area contributed by atoms with Crippen molar-refractivity contribution in [2.75, 3.05) is 19.6 Å². The van der Waals surface area contributed by atoms with Crippen molar-refractivity contribution >= 4 is 0 Å². The second-order valence-electron chi connectivity index (χ2n) is 3.46. The molecule has 2 aliphatic heterocycles. The molecule has 2 heterocycles. The van der Waals surface area contributed by atoms with Crippen molar-refractivity contribution in [3.05, 3.63) is 22.1 Å². The first-order valence-corrected chi connectivity index (χ1v) is 4.45. The molecule has 5 heteroatoms. The zero-order valence-corrected chi connectivity index (χ0v) is 7.30. The van der Waals surface area contributed by atoms with Crippen LogP contribution in [0.15, 0.2) is 16.8 Å².